The molecule has 2 rings (SSSR count). The molecule has 0 bridgehead atoms. The molecule has 0 spiro atoms. The molecular weight excluding hydrogens is 292 g/mol. The number of aromatic hydroxyl groups is 3. The zero-order valence-corrected chi connectivity index (χ0v) is 14.2. The van der Waals surface area contributed by atoms with Gasteiger partial charge in [0, 0.05) is 6.42 Å². The lowest BCUT2D eigenvalue weighted by Crippen LogP contribution is -1.98. The van der Waals surface area contributed by atoms with Crippen molar-refractivity contribution >= 4 is 5.78 Å². The van der Waals surface area contributed by atoms with E-state index >= 15 is 0 Å². The lowest BCUT2D eigenvalue weighted by molar-refractivity contribution is 0.0978. The van der Waals surface area contributed by atoms with Crippen molar-refractivity contribution in [3.8, 4) is 17.2 Å². The fraction of sp³-hybridized carbons (Fsp3) is 0.316. The highest BCUT2D eigenvalue weighted by Crippen LogP contribution is 2.23. The van der Waals surface area contributed by atoms with Gasteiger partial charge in [-0.3, -0.25) is 4.79 Å². The van der Waals surface area contributed by atoms with Crippen LogP contribution < -0.4 is 0 Å². The number of carbonyl (C=O) groups excluding carboxylic acids is 1. The van der Waals surface area contributed by atoms with Crippen molar-refractivity contribution in [3.05, 3.63) is 53.6 Å². The second kappa shape index (κ2) is 11.1. The van der Waals surface area contributed by atoms with Crippen LogP contribution >= 0.6 is 0 Å². The zero-order chi connectivity index (χ0) is 17.8. The molecule has 0 amide bonds. The van der Waals surface area contributed by atoms with Gasteiger partial charge in [0.25, 0.3) is 0 Å². The molecule has 0 aromatic heterocycles. The molecule has 126 valence electrons. The number of ketones is 1. The first-order valence-corrected chi connectivity index (χ1v) is 7.75. The number of carbonyl (C=O) groups is 1. The normalized spacial score (nSPS) is 9.04. The average Bonchev–Trinajstić information content (AvgIpc) is 2.55. The summed E-state index contributed by atoms with van der Waals surface area (Å²) in [6.45, 7) is 7.87. The van der Waals surface area contributed by atoms with Crippen molar-refractivity contribution in [2.24, 2.45) is 0 Å². The molecule has 3 N–H and O–H groups in total. The lowest BCUT2D eigenvalue weighted by Gasteiger charge is -2.02. The Labute approximate surface area is 138 Å². The van der Waals surface area contributed by atoms with Crippen LogP contribution in [0.1, 0.15) is 49.5 Å². The minimum absolute atomic E-state index is 0.00254. The minimum atomic E-state index is -0.143. The van der Waals surface area contributed by atoms with Crippen molar-refractivity contribution in [3.63, 3.8) is 0 Å². The van der Waals surface area contributed by atoms with Gasteiger partial charge in [-0.1, -0.05) is 38.5 Å². The van der Waals surface area contributed by atoms with Gasteiger partial charge in [0.2, 0.25) is 0 Å². The van der Waals surface area contributed by atoms with Crippen LogP contribution in [-0.4, -0.2) is 21.1 Å². The van der Waals surface area contributed by atoms with E-state index in [0.29, 0.717) is 12.2 Å². The summed E-state index contributed by atoms with van der Waals surface area (Å²) < 4.78 is 0. The number of benzene rings is 2. The highest BCUT2D eigenvalue weighted by molar-refractivity contribution is 5.98. The second-order valence-corrected chi connectivity index (χ2v) is 4.71. The molecule has 0 saturated heterocycles. The van der Waals surface area contributed by atoms with Crippen molar-refractivity contribution < 1.29 is 20.1 Å². The Kier molecular flexibility index (Phi) is 9.92. The fourth-order valence-electron chi connectivity index (χ4n) is 1.65. The van der Waals surface area contributed by atoms with Crippen molar-refractivity contribution in [1.29, 1.82) is 0 Å². The average molecular weight is 318 g/mol. The number of hydrogen-bond acceptors (Lipinski definition) is 4. The molecule has 0 saturated carbocycles. The quantitative estimate of drug-likeness (QED) is 0.560. The Morgan fingerprint density at radius 2 is 1.43 bits per heavy atom. The Morgan fingerprint density at radius 1 is 0.913 bits per heavy atom. The monoisotopic (exact) mass is 318 g/mol. The van der Waals surface area contributed by atoms with Crippen LogP contribution in [0.5, 0.6) is 17.2 Å². The standard InChI is InChI=1S/C10H12O3.C7H8O.C2H6/c1-2-3-9(12)8-6-7(11)4-5-10(8)13;1-6-2-4-7(8)5-3-6;1-2/h4-6,11,13H,2-3H2,1H3;2-5,8H,1H3;1-2H3. The van der Waals surface area contributed by atoms with E-state index < -0.39 is 0 Å². The smallest absolute Gasteiger partial charge is 0.166 e. The molecule has 0 fully saturated rings. The number of phenolic OH excluding ortho intramolecular Hbond substituents is 3. The molecule has 0 aliphatic carbocycles. The maximum atomic E-state index is 11.3. The summed E-state index contributed by atoms with van der Waals surface area (Å²) in [7, 11) is 0. The Morgan fingerprint density at radius 3 is 1.91 bits per heavy atom. The predicted octanol–water partition coefficient (Wildman–Crippen LogP) is 4.81. The molecule has 0 radical (unpaired) electrons. The van der Waals surface area contributed by atoms with Crippen LogP contribution in [0, 0.1) is 6.92 Å². The number of phenols is 3. The molecule has 0 heterocycles. The van der Waals surface area contributed by atoms with Gasteiger partial charge in [0.15, 0.2) is 5.78 Å². The minimum Gasteiger partial charge on any atom is -0.508 e. The van der Waals surface area contributed by atoms with Gasteiger partial charge in [-0.25, -0.2) is 0 Å². The summed E-state index contributed by atoms with van der Waals surface area (Å²) in [6.07, 6.45) is 1.12. The van der Waals surface area contributed by atoms with Crippen molar-refractivity contribution in [2.75, 3.05) is 0 Å². The molecule has 0 aliphatic heterocycles. The van der Waals surface area contributed by atoms with Crippen LogP contribution in [0.15, 0.2) is 42.5 Å². The lowest BCUT2D eigenvalue weighted by atomic mass is 10.1. The largest absolute Gasteiger partial charge is 0.508 e. The first-order valence-electron chi connectivity index (χ1n) is 7.75. The highest BCUT2D eigenvalue weighted by atomic mass is 16.3. The van der Waals surface area contributed by atoms with E-state index in [2.05, 4.69) is 0 Å². The third kappa shape index (κ3) is 7.90. The van der Waals surface area contributed by atoms with E-state index in [1.807, 2.05) is 39.8 Å². The van der Waals surface area contributed by atoms with E-state index in [1.165, 1.54) is 23.8 Å². The molecule has 0 atom stereocenters. The molecule has 2 aromatic rings. The topological polar surface area (TPSA) is 77.8 Å². The van der Waals surface area contributed by atoms with Gasteiger partial charge in [0.05, 0.1) is 5.56 Å². The van der Waals surface area contributed by atoms with Gasteiger partial charge in [-0.15, -0.1) is 0 Å². The Hall–Kier alpha value is -2.49. The van der Waals surface area contributed by atoms with Crippen LogP contribution in [0.2, 0.25) is 0 Å². The molecule has 0 unspecified atom stereocenters. The molecule has 4 heteroatoms. The van der Waals surface area contributed by atoms with Gasteiger partial charge in [-0.05, 0) is 43.7 Å². The number of rotatable bonds is 3. The van der Waals surface area contributed by atoms with E-state index in [9.17, 15) is 9.90 Å². The third-order valence-electron chi connectivity index (χ3n) is 2.79. The molecule has 23 heavy (non-hydrogen) atoms. The van der Waals surface area contributed by atoms with Crippen LogP contribution in [-0.2, 0) is 0 Å². The van der Waals surface area contributed by atoms with Gasteiger partial charge >= 0.3 is 0 Å². The maximum Gasteiger partial charge on any atom is 0.166 e. The summed E-state index contributed by atoms with van der Waals surface area (Å²) in [5.74, 6) is 0.111. The summed E-state index contributed by atoms with van der Waals surface area (Å²) in [4.78, 5) is 11.3. The van der Waals surface area contributed by atoms with Gasteiger partial charge in [-0.2, -0.15) is 0 Å². The van der Waals surface area contributed by atoms with Crippen LogP contribution in [0.4, 0.5) is 0 Å². The third-order valence-corrected chi connectivity index (χ3v) is 2.79. The second-order valence-electron chi connectivity index (χ2n) is 4.71. The van der Waals surface area contributed by atoms with Crippen molar-refractivity contribution in [2.45, 2.75) is 40.5 Å². The summed E-state index contributed by atoms with van der Waals surface area (Å²) in [6, 6.07) is 11.0. The van der Waals surface area contributed by atoms with Gasteiger partial charge < -0.3 is 15.3 Å². The van der Waals surface area contributed by atoms with Crippen LogP contribution in [0.25, 0.3) is 0 Å². The van der Waals surface area contributed by atoms with Crippen LogP contribution in [0.3, 0.4) is 0 Å². The summed E-state index contributed by atoms with van der Waals surface area (Å²) in [5, 5.41) is 27.1. The Balaban J connectivity index is 0.000000414. The van der Waals surface area contributed by atoms with E-state index in [4.69, 9.17) is 10.2 Å². The van der Waals surface area contributed by atoms with E-state index in [1.54, 1.807) is 12.1 Å². The summed E-state index contributed by atoms with van der Waals surface area (Å²) >= 11 is 0. The zero-order valence-electron chi connectivity index (χ0n) is 14.2. The maximum absolute atomic E-state index is 11.3. The van der Waals surface area contributed by atoms with Crippen molar-refractivity contribution in [1.82, 2.24) is 0 Å². The van der Waals surface area contributed by atoms with E-state index in [0.717, 1.165) is 6.42 Å². The SMILES string of the molecule is CC.CCCC(=O)c1cc(O)ccc1O.Cc1ccc(O)cc1. The molecule has 4 nitrogen and oxygen atoms in total. The molecule has 0 aliphatic rings. The Bertz CT molecular complexity index is 568. The number of hydrogen-bond donors (Lipinski definition) is 3. The first kappa shape index (κ1) is 20.5. The first-order chi connectivity index (χ1) is 10.9. The van der Waals surface area contributed by atoms with Gasteiger partial charge in [0.1, 0.15) is 17.2 Å². The summed E-state index contributed by atoms with van der Waals surface area (Å²) in [5.41, 5.74) is 1.37. The number of Topliss-reactive ketones (excluding diaryl/α,β-unsaturated/α-hetero) is 1. The highest BCUT2D eigenvalue weighted by Gasteiger charge is 2.10. The molecule has 2 aromatic carbocycles. The van der Waals surface area contributed by atoms with E-state index in [-0.39, 0.29) is 22.8 Å². The molecular formula is C19H26O4. The fourth-order valence-corrected chi connectivity index (χ4v) is 1.65. The number of aryl methyl sites for hydroxylation is 1. The predicted molar refractivity (Wildman–Crippen MR) is 93.2 cm³/mol.